The first kappa shape index (κ1) is 17.1. The Bertz CT molecular complexity index is 586. The summed E-state index contributed by atoms with van der Waals surface area (Å²) < 4.78 is 28.2. The van der Waals surface area contributed by atoms with Crippen LogP contribution in [0.4, 0.5) is 0 Å². The molecule has 0 aromatic heterocycles. The first-order valence-corrected chi connectivity index (χ1v) is 8.86. The molecule has 0 saturated heterocycles. The van der Waals surface area contributed by atoms with E-state index in [1.54, 1.807) is 12.1 Å². The zero-order valence-electron chi connectivity index (χ0n) is 11.4. The number of carbonyl (C=O) groups excluding carboxylic acids is 1. The van der Waals surface area contributed by atoms with Crippen molar-refractivity contribution in [2.75, 3.05) is 19.1 Å². The Balaban J connectivity index is 2.73. The van der Waals surface area contributed by atoms with Gasteiger partial charge in [0.25, 0.3) is 0 Å². The third kappa shape index (κ3) is 5.60. The average molecular weight is 364 g/mol. The summed E-state index contributed by atoms with van der Waals surface area (Å²) in [7, 11) is -1.58. The molecule has 0 bridgehead atoms. The van der Waals surface area contributed by atoms with Crippen molar-refractivity contribution in [1.29, 1.82) is 0 Å². The number of ether oxygens (including phenoxy) is 1. The van der Waals surface area contributed by atoms with E-state index in [4.69, 9.17) is 10.5 Å². The number of methoxy groups -OCH3 is 1. The molecule has 0 saturated carbocycles. The second-order valence-electron chi connectivity index (χ2n) is 4.62. The first-order chi connectivity index (χ1) is 9.23. The Morgan fingerprint density at radius 3 is 2.65 bits per heavy atom. The van der Waals surface area contributed by atoms with Gasteiger partial charge >= 0.3 is 0 Å². The molecule has 7 heteroatoms. The van der Waals surface area contributed by atoms with Gasteiger partial charge < -0.3 is 10.5 Å². The van der Waals surface area contributed by atoms with E-state index in [2.05, 4.69) is 15.9 Å². The summed E-state index contributed by atoms with van der Waals surface area (Å²) in [4.78, 5) is 12.0. The molecule has 0 radical (unpaired) electrons. The van der Waals surface area contributed by atoms with Gasteiger partial charge in [-0.3, -0.25) is 4.79 Å². The van der Waals surface area contributed by atoms with Gasteiger partial charge in [-0.1, -0.05) is 15.9 Å². The van der Waals surface area contributed by atoms with Crippen LogP contribution in [0.1, 0.15) is 12.0 Å². The van der Waals surface area contributed by atoms with Crippen LogP contribution in [0.25, 0.3) is 0 Å². The number of nitrogens with two attached hydrogens (primary N) is 1. The second-order valence-corrected chi connectivity index (χ2v) is 7.80. The van der Waals surface area contributed by atoms with Gasteiger partial charge in [0.1, 0.15) is 15.6 Å². The highest BCUT2D eigenvalue weighted by molar-refractivity contribution is 9.10. The van der Waals surface area contributed by atoms with Crippen molar-refractivity contribution in [1.82, 2.24) is 0 Å². The zero-order chi connectivity index (χ0) is 15.3. The summed E-state index contributed by atoms with van der Waals surface area (Å²) >= 11 is 3.33. The van der Waals surface area contributed by atoms with E-state index >= 15 is 0 Å². The standard InChI is InChI=1S/C13H18BrNO4S/c1-19-13-4-3-10(14)7-9(13)8-12(16)11(15)5-6-20(2,17)18/h3-4,7,11H,5-6,8,15H2,1-2H3. The Hall–Kier alpha value is -0.920. The minimum Gasteiger partial charge on any atom is -0.496 e. The predicted molar refractivity (Wildman–Crippen MR) is 81.7 cm³/mol. The van der Waals surface area contributed by atoms with Crippen LogP contribution in [-0.4, -0.2) is 39.4 Å². The maximum atomic E-state index is 12.0. The van der Waals surface area contributed by atoms with E-state index in [-0.39, 0.29) is 24.4 Å². The molecule has 0 fully saturated rings. The SMILES string of the molecule is COc1ccc(Br)cc1CC(=O)C(N)CCS(C)(=O)=O. The first-order valence-electron chi connectivity index (χ1n) is 6.01. The van der Waals surface area contributed by atoms with Gasteiger partial charge in [-0.25, -0.2) is 8.42 Å². The fourth-order valence-corrected chi connectivity index (χ4v) is 2.80. The van der Waals surface area contributed by atoms with Crippen LogP contribution < -0.4 is 10.5 Å². The van der Waals surface area contributed by atoms with Gasteiger partial charge in [-0.15, -0.1) is 0 Å². The largest absolute Gasteiger partial charge is 0.496 e. The lowest BCUT2D eigenvalue weighted by Gasteiger charge is -2.12. The maximum absolute atomic E-state index is 12.0. The van der Waals surface area contributed by atoms with E-state index in [9.17, 15) is 13.2 Å². The molecule has 0 spiro atoms. The lowest BCUT2D eigenvalue weighted by molar-refractivity contribution is -0.119. The molecule has 0 aliphatic heterocycles. The van der Waals surface area contributed by atoms with Gasteiger partial charge in [0.15, 0.2) is 5.78 Å². The average Bonchev–Trinajstić information content (AvgIpc) is 2.35. The molecule has 0 aliphatic rings. The lowest BCUT2D eigenvalue weighted by atomic mass is 10.0. The summed E-state index contributed by atoms with van der Waals surface area (Å²) in [5.74, 6) is 0.317. The maximum Gasteiger partial charge on any atom is 0.154 e. The number of carbonyl (C=O) groups is 1. The highest BCUT2D eigenvalue weighted by atomic mass is 79.9. The number of sulfone groups is 1. The number of ketones is 1. The third-order valence-corrected chi connectivity index (χ3v) is 4.29. The van der Waals surface area contributed by atoms with Crippen LogP contribution >= 0.6 is 15.9 Å². The molecule has 1 aromatic rings. The van der Waals surface area contributed by atoms with E-state index in [1.807, 2.05) is 6.07 Å². The molecule has 1 rings (SSSR count). The summed E-state index contributed by atoms with van der Waals surface area (Å²) in [6.45, 7) is 0. The molecule has 0 amide bonds. The molecular weight excluding hydrogens is 346 g/mol. The minimum atomic E-state index is -3.11. The van der Waals surface area contributed by atoms with Gasteiger partial charge in [-0.2, -0.15) is 0 Å². The molecule has 1 atom stereocenters. The molecule has 1 unspecified atom stereocenters. The fourth-order valence-electron chi connectivity index (χ4n) is 1.71. The summed E-state index contributed by atoms with van der Waals surface area (Å²) in [6, 6.07) is 4.58. The Morgan fingerprint density at radius 2 is 2.10 bits per heavy atom. The smallest absolute Gasteiger partial charge is 0.154 e. The van der Waals surface area contributed by atoms with Crippen LogP contribution in [0, 0.1) is 0 Å². The Labute approximate surface area is 127 Å². The molecule has 1 aromatic carbocycles. The van der Waals surface area contributed by atoms with Crippen molar-refractivity contribution < 1.29 is 17.9 Å². The normalized spacial score (nSPS) is 13.0. The van der Waals surface area contributed by atoms with E-state index < -0.39 is 15.9 Å². The van der Waals surface area contributed by atoms with E-state index in [0.717, 1.165) is 16.3 Å². The number of hydrogen-bond acceptors (Lipinski definition) is 5. The zero-order valence-corrected chi connectivity index (χ0v) is 13.8. The Morgan fingerprint density at radius 1 is 1.45 bits per heavy atom. The van der Waals surface area contributed by atoms with Crippen LogP contribution in [0.5, 0.6) is 5.75 Å². The van der Waals surface area contributed by atoms with Crippen molar-refractivity contribution >= 4 is 31.6 Å². The molecule has 20 heavy (non-hydrogen) atoms. The van der Waals surface area contributed by atoms with Crippen LogP contribution in [-0.2, 0) is 21.1 Å². The summed E-state index contributed by atoms with van der Waals surface area (Å²) in [5, 5.41) is 0. The molecule has 2 N–H and O–H groups in total. The third-order valence-electron chi connectivity index (χ3n) is 2.82. The lowest BCUT2D eigenvalue weighted by Crippen LogP contribution is -2.33. The van der Waals surface area contributed by atoms with Crippen molar-refractivity contribution in [3.63, 3.8) is 0 Å². The Kier molecular flexibility index (Phi) is 6.16. The second kappa shape index (κ2) is 7.19. The highest BCUT2D eigenvalue weighted by Crippen LogP contribution is 2.23. The molecule has 0 heterocycles. The number of benzene rings is 1. The van der Waals surface area contributed by atoms with Crippen molar-refractivity contribution in [2.45, 2.75) is 18.9 Å². The number of rotatable bonds is 7. The van der Waals surface area contributed by atoms with Gasteiger partial charge in [0, 0.05) is 22.7 Å². The van der Waals surface area contributed by atoms with Gasteiger partial charge in [-0.05, 0) is 24.6 Å². The quantitative estimate of drug-likeness (QED) is 0.789. The van der Waals surface area contributed by atoms with Crippen molar-refractivity contribution in [3.8, 4) is 5.75 Å². The fraction of sp³-hybridized carbons (Fsp3) is 0.462. The molecule has 5 nitrogen and oxygen atoms in total. The van der Waals surface area contributed by atoms with E-state index in [0.29, 0.717) is 5.75 Å². The monoisotopic (exact) mass is 363 g/mol. The van der Waals surface area contributed by atoms with Gasteiger partial charge in [0.05, 0.1) is 18.9 Å². The predicted octanol–water partition coefficient (Wildman–Crippen LogP) is 1.33. The topological polar surface area (TPSA) is 86.5 Å². The molecule has 0 aliphatic carbocycles. The van der Waals surface area contributed by atoms with Crippen molar-refractivity contribution in [3.05, 3.63) is 28.2 Å². The molecule has 112 valence electrons. The van der Waals surface area contributed by atoms with E-state index in [1.165, 1.54) is 7.11 Å². The van der Waals surface area contributed by atoms with Crippen LogP contribution in [0.3, 0.4) is 0 Å². The number of Topliss-reactive ketones (excluding diaryl/α,β-unsaturated/α-hetero) is 1. The van der Waals surface area contributed by atoms with Crippen LogP contribution in [0.2, 0.25) is 0 Å². The summed E-state index contributed by atoms with van der Waals surface area (Å²) in [6.07, 6.45) is 1.38. The van der Waals surface area contributed by atoms with Gasteiger partial charge in [0.2, 0.25) is 0 Å². The number of hydrogen-bond donors (Lipinski definition) is 1. The highest BCUT2D eigenvalue weighted by Gasteiger charge is 2.18. The van der Waals surface area contributed by atoms with Crippen molar-refractivity contribution in [2.24, 2.45) is 5.73 Å². The minimum absolute atomic E-state index is 0.0878. The summed E-state index contributed by atoms with van der Waals surface area (Å²) in [5.41, 5.74) is 6.46. The molecular formula is C13H18BrNO4S. The number of halogens is 1. The van der Waals surface area contributed by atoms with Crippen LogP contribution in [0.15, 0.2) is 22.7 Å².